The summed E-state index contributed by atoms with van der Waals surface area (Å²) in [5, 5.41) is 0. The lowest BCUT2D eigenvalue weighted by molar-refractivity contribution is -0.109. The molecule has 3 aromatic rings. The fourth-order valence-electron chi connectivity index (χ4n) is 4.33. The Morgan fingerprint density at radius 1 is 1.25 bits per heavy atom. The fraction of sp³-hybridized carbons (Fsp3) is 0.409. The molecule has 1 aliphatic rings. The van der Waals surface area contributed by atoms with E-state index in [1.165, 1.54) is 12.1 Å². The Balaban J connectivity index is 2.12. The van der Waals surface area contributed by atoms with E-state index in [1.54, 1.807) is 0 Å². The molecule has 1 aliphatic heterocycles. The summed E-state index contributed by atoms with van der Waals surface area (Å²) in [6.45, 7) is 4.63. The first-order valence-corrected chi connectivity index (χ1v) is 9.85. The van der Waals surface area contributed by atoms with Gasteiger partial charge in [-0.3, -0.25) is 0 Å². The van der Waals surface area contributed by atoms with E-state index in [4.69, 9.17) is 0 Å². The van der Waals surface area contributed by atoms with Crippen molar-refractivity contribution >= 4 is 17.5 Å². The van der Waals surface area contributed by atoms with Crippen LogP contribution in [0.15, 0.2) is 18.2 Å². The number of aromatic nitrogens is 3. The van der Waals surface area contributed by atoms with E-state index in [9.17, 15) is 13.6 Å². The van der Waals surface area contributed by atoms with Crippen molar-refractivity contribution in [3.05, 3.63) is 46.9 Å². The van der Waals surface area contributed by atoms with Crippen LogP contribution in [0.1, 0.15) is 55.6 Å². The Morgan fingerprint density at radius 2 is 2.07 bits per heavy atom. The van der Waals surface area contributed by atoms with Crippen LogP contribution in [0.3, 0.4) is 0 Å². The molecule has 146 valence electrons. The number of benzene rings is 1. The summed E-state index contributed by atoms with van der Waals surface area (Å²) in [5.41, 5.74) is 3.64. The van der Waals surface area contributed by atoms with Crippen molar-refractivity contribution in [2.24, 2.45) is 0 Å². The van der Waals surface area contributed by atoms with Crippen LogP contribution in [-0.2, 0) is 17.8 Å². The first-order valence-electron chi connectivity index (χ1n) is 9.85. The van der Waals surface area contributed by atoms with Crippen molar-refractivity contribution < 1.29 is 13.6 Å². The standard InChI is InChI=1S/C22H23F2N3O/c1-3-6-14(12-28)19-13(2)25-22-21(27-10-5-4-7-18(27)26-22)20(19)16-9-8-15(23)11-17(16)24/h8-9,11-12,14H,3-7,10H2,1-2H3. The van der Waals surface area contributed by atoms with E-state index in [0.29, 0.717) is 28.9 Å². The normalized spacial score (nSPS) is 14.9. The molecule has 0 aliphatic carbocycles. The Bertz CT molecular complexity index is 1060. The number of hydrogen-bond donors (Lipinski definition) is 0. The summed E-state index contributed by atoms with van der Waals surface area (Å²) >= 11 is 0. The molecule has 2 aromatic heterocycles. The maximum atomic E-state index is 14.9. The predicted molar refractivity (Wildman–Crippen MR) is 104 cm³/mol. The van der Waals surface area contributed by atoms with Gasteiger partial charge in [0.15, 0.2) is 5.65 Å². The molecule has 3 heterocycles. The van der Waals surface area contributed by atoms with Crippen molar-refractivity contribution in [3.63, 3.8) is 0 Å². The van der Waals surface area contributed by atoms with Gasteiger partial charge in [0.1, 0.15) is 23.7 Å². The van der Waals surface area contributed by atoms with Gasteiger partial charge < -0.3 is 9.36 Å². The zero-order valence-electron chi connectivity index (χ0n) is 16.1. The van der Waals surface area contributed by atoms with Crippen LogP contribution in [0.2, 0.25) is 0 Å². The summed E-state index contributed by atoms with van der Waals surface area (Å²) in [7, 11) is 0. The van der Waals surface area contributed by atoms with Gasteiger partial charge in [0.05, 0.1) is 5.52 Å². The monoisotopic (exact) mass is 383 g/mol. The quantitative estimate of drug-likeness (QED) is 0.576. The first kappa shape index (κ1) is 18.7. The molecule has 0 N–H and O–H groups in total. The highest BCUT2D eigenvalue weighted by atomic mass is 19.1. The Labute approximate surface area is 162 Å². The minimum Gasteiger partial charge on any atom is -0.326 e. The maximum Gasteiger partial charge on any atom is 0.178 e. The largest absolute Gasteiger partial charge is 0.326 e. The molecule has 4 nitrogen and oxygen atoms in total. The van der Waals surface area contributed by atoms with E-state index in [0.717, 1.165) is 61.5 Å². The van der Waals surface area contributed by atoms with Gasteiger partial charge in [-0.1, -0.05) is 13.3 Å². The number of hydrogen-bond acceptors (Lipinski definition) is 3. The third-order valence-corrected chi connectivity index (χ3v) is 5.57. The Hall–Kier alpha value is -2.63. The highest BCUT2D eigenvalue weighted by molar-refractivity contribution is 5.95. The topological polar surface area (TPSA) is 47.8 Å². The smallest absolute Gasteiger partial charge is 0.178 e. The molecule has 0 saturated heterocycles. The summed E-state index contributed by atoms with van der Waals surface area (Å²) in [4.78, 5) is 21.3. The molecule has 0 radical (unpaired) electrons. The van der Waals surface area contributed by atoms with E-state index in [2.05, 4.69) is 14.5 Å². The van der Waals surface area contributed by atoms with E-state index in [1.807, 2.05) is 13.8 Å². The van der Waals surface area contributed by atoms with Crippen molar-refractivity contribution in [3.8, 4) is 11.1 Å². The number of aryl methyl sites for hydroxylation is 3. The van der Waals surface area contributed by atoms with Gasteiger partial charge in [-0.2, -0.15) is 0 Å². The van der Waals surface area contributed by atoms with Gasteiger partial charge in [0.25, 0.3) is 0 Å². The van der Waals surface area contributed by atoms with Crippen LogP contribution in [0.25, 0.3) is 22.3 Å². The lowest BCUT2D eigenvalue weighted by Crippen LogP contribution is -2.12. The molecule has 28 heavy (non-hydrogen) atoms. The molecule has 0 bridgehead atoms. The second-order valence-electron chi connectivity index (χ2n) is 7.45. The van der Waals surface area contributed by atoms with E-state index < -0.39 is 17.6 Å². The van der Waals surface area contributed by atoms with Gasteiger partial charge >= 0.3 is 0 Å². The number of aldehydes is 1. The average molecular weight is 383 g/mol. The van der Waals surface area contributed by atoms with Crippen molar-refractivity contribution in [2.75, 3.05) is 0 Å². The molecule has 0 saturated carbocycles. The highest BCUT2D eigenvalue weighted by Crippen LogP contribution is 2.40. The number of fused-ring (bicyclic) bond motifs is 3. The molecule has 1 unspecified atom stereocenters. The van der Waals surface area contributed by atoms with Crippen LogP contribution in [0.4, 0.5) is 8.78 Å². The Kier molecular flexibility index (Phi) is 4.96. The van der Waals surface area contributed by atoms with Crippen molar-refractivity contribution in [1.82, 2.24) is 14.5 Å². The SMILES string of the molecule is CCCC(C=O)c1c(C)nc2nc3n(c2c1-c1ccc(F)cc1F)CCCC3. The average Bonchev–Trinajstić information content (AvgIpc) is 3.03. The van der Waals surface area contributed by atoms with Crippen LogP contribution >= 0.6 is 0 Å². The van der Waals surface area contributed by atoms with Gasteiger partial charge in [-0.05, 0) is 43.9 Å². The number of carbonyl (C=O) groups is 1. The summed E-state index contributed by atoms with van der Waals surface area (Å²) in [6.07, 6.45) is 5.30. The predicted octanol–water partition coefficient (Wildman–Crippen LogP) is 5.10. The first-order chi connectivity index (χ1) is 13.5. The fourth-order valence-corrected chi connectivity index (χ4v) is 4.33. The van der Waals surface area contributed by atoms with Crippen molar-refractivity contribution in [2.45, 2.75) is 58.4 Å². The molecule has 1 atom stereocenters. The third-order valence-electron chi connectivity index (χ3n) is 5.57. The zero-order valence-corrected chi connectivity index (χ0v) is 16.1. The molecule has 0 fully saturated rings. The second-order valence-corrected chi connectivity index (χ2v) is 7.45. The van der Waals surface area contributed by atoms with Gasteiger partial charge in [-0.15, -0.1) is 0 Å². The lowest BCUT2D eigenvalue weighted by Gasteiger charge is -2.21. The molecule has 0 spiro atoms. The zero-order chi connectivity index (χ0) is 19.8. The van der Waals surface area contributed by atoms with Gasteiger partial charge in [-0.25, -0.2) is 18.7 Å². The van der Waals surface area contributed by atoms with Crippen LogP contribution < -0.4 is 0 Å². The van der Waals surface area contributed by atoms with Crippen LogP contribution in [0, 0.1) is 18.6 Å². The number of halogens is 2. The Morgan fingerprint density at radius 3 is 2.79 bits per heavy atom. The highest BCUT2D eigenvalue weighted by Gasteiger charge is 2.27. The summed E-state index contributed by atoms with van der Waals surface area (Å²) in [5.74, 6) is -0.718. The minimum absolute atomic E-state index is 0.295. The third kappa shape index (κ3) is 3.01. The van der Waals surface area contributed by atoms with Crippen molar-refractivity contribution in [1.29, 1.82) is 0 Å². The maximum absolute atomic E-state index is 14.9. The van der Waals surface area contributed by atoms with E-state index in [-0.39, 0.29) is 0 Å². The summed E-state index contributed by atoms with van der Waals surface area (Å²) < 4.78 is 30.6. The minimum atomic E-state index is -0.638. The van der Waals surface area contributed by atoms with Gasteiger partial charge in [0.2, 0.25) is 0 Å². The number of pyridine rings is 1. The summed E-state index contributed by atoms with van der Waals surface area (Å²) in [6, 6.07) is 3.61. The molecular formula is C22H23F2N3O. The number of rotatable bonds is 5. The number of carbonyl (C=O) groups excluding carboxylic acids is 1. The molecule has 1 aromatic carbocycles. The van der Waals surface area contributed by atoms with E-state index >= 15 is 0 Å². The van der Waals surface area contributed by atoms with Gasteiger partial charge in [0, 0.05) is 41.8 Å². The second kappa shape index (κ2) is 7.41. The molecule has 0 amide bonds. The molecule has 4 rings (SSSR count). The molecule has 6 heteroatoms. The van der Waals surface area contributed by atoms with Crippen LogP contribution in [0.5, 0.6) is 0 Å². The lowest BCUT2D eigenvalue weighted by atomic mass is 9.87. The molecular weight excluding hydrogens is 360 g/mol. The van der Waals surface area contributed by atoms with Crippen LogP contribution in [-0.4, -0.2) is 20.8 Å². The number of imidazole rings is 1. The number of nitrogens with zero attached hydrogens (tertiary/aromatic N) is 3.